The molecule has 0 amide bonds. The van der Waals surface area contributed by atoms with Crippen LogP contribution in [0.4, 0.5) is 0 Å². The average Bonchev–Trinajstić information content (AvgIpc) is 4.16. The van der Waals surface area contributed by atoms with E-state index < -0.39 is 0 Å². The first-order valence-electron chi connectivity index (χ1n) is 22.8. The maximum atomic E-state index is 6.89. The Labute approximate surface area is 387 Å². The van der Waals surface area contributed by atoms with Crippen LogP contribution in [0.1, 0.15) is 0 Å². The van der Waals surface area contributed by atoms with Gasteiger partial charge in [0.25, 0.3) is 0 Å². The fourth-order valence-electron chi connectivity index (χ4n) is 10.7. The third-order valence-electron chi connectivity index (χ3n) is 13.7. The molecule has 0 aliphatic heterocycles. The Balaban J connectivity index is 1.07. The first kappa shape index (κ1) is 36.9. The Morgan fingerprint density at radius 2 is 0.868 bits per heavy atom. The molecule has 0 N–H and O–H groups in total. The predicted octanol–water partition coefficient (Wildman–Crippen LogP) is 16.0. The summed E-state index contributed by atoms with van der Waals surface area (Å²) in [7, 11) is 0. The fraction of sp³-hybridized carbons (Fsp3) is 0. The molecule has 0 fully saturated rings. The summed E-state index contributed by atoms with van der Waals surface area (Å²) in [5.41, 5.74) is 11.8. The molecule has 5 aromatic heterocycles. The van der Waals surface area contributed by atoms with Crippen molar-refractivity contribution < 1.29 is 8.83 Å². The van der Waals surface area contributed by atoms with Crippen LogP contribution in [0.25, 0.3) is 144 Å². The van der Waals surface area contributed by atoms with E-state index in [4.69, 9.17) is 23.8 Å². The first-order valence-corrected chi connectivity index (χ1v) is 22.8. The van der Waals surface area contributed by atoms with Crippen LogP contribution >= 0.6 is 0 Å². The number of hydrogen-bond acceptors (Lipinski definition) is 5. The lowest BCUT2D eigenvalue weighted by Gasteiger charge is -2.14. The van der Waals surface area contributed by atoms with Crippen molar-refractivity contribution in [1.82, 2.24) is 24.1 Å². The molecular formula is C61H35N5O2. The lowest BCUT2D eigenvalue weighted by Crippen LogP contribution is -2.03. The van der Waals surface area contributed by atoms with Crippen molar-refractivity contribution >= 4 is 98.3 Å². The van der Waals surface area contributed by atoms with Gasteiger partial charge in [0, 0.05) is 59.9 Å². The first-order chi connectivity index (χ1) is 33.7. The molecule has 15 rings (SSSR count). The number of fused-ring (bicyclic) bond motifs is 13. The number of furan rings is 2. The van der Waals surface area contributed by atoms with E-state index in [2.05, 4.69) is 191 Å². The third kappa shape index (κ3) is 5.32. The summed E-state index contributed by atoms with van der Waals surface area (Å²) in [6.07, 6.45) is 0. The molecule has 0 unspecified atom stereocenters. The molecule has 0 aliphatic rings. The second kappa shape index (κ2) is 14.1. The quantitative estimate of drug-likeness (QED) is 0.172. The van der Waals surface area contributed by atoms with E-state index in [-0.39, 0.29) is 0 Å². The Bertz CT molecular complexity index is 4570. The van der Waals surface area contributed by atoms with Crippen molar-refractivity contribution in [2.45, 2.75) is 0 Å². The second-order valence-corrected chi connectivity index (χ2v) is 17.5. The van der Waals surface area contributed by atoms with Crippen LogP contribution in [0, 0.1) is 0 Å². The van der Waals surface area contributed by atoms with Crippen LogP contribution in [-0.4, -0.2) is 24.1 Å². The smallest absolute Gasteiger partial charge is 0.167 e. The number of para-hydroxylation sites is 7. The van der Waals surface area contributed by atoms with E-state index in [1.165, 1.54) is 10.8 Å². The van der Waals surface area contributed by atoms with E-state index in [1.807, 2.05) is 30.3 Å². The monoisotopic (exact) mass is 869 g/mol. The van der Waals surface area contributed by atoms with Crippen molar-refractivity contribution in [1.29, 1.82) is 0 Å². The predicted molar refractivity (Wildman–Crippen MR) is 277 cm³/mol. The van der Waals surface area contributed by atoms with Gasteiger partial charge in [-0.2, -0.15) is 0 Å². The Kier molecular flexibility index (Phi) is 7.65. The summed E-state index contributed by atoms with van der Waals surface area (Å²) >= 11 is 0. The second-order valence-electron chi connectivity index (χ2n) is 17.5. The standard InChI is InChI=1S/C61H35N5O2/c1-2-18-39(19-3-1)65-50-28-10-6-20-40(50)44-24-14-26-46(56(44)65)60-62-59(63-61(64-60)47-27-15-25-45-42-22-8-12-30-54(42)67-57(45)47)38-33-49-43-23-9-13-31-55(43)68-58(49)53(35-38)66-51-29-11-7-21-41(51)48-32-36-16-4-5-17-37(36)34-52(48)66/h1-35H. The average molecular weight is 870 g/mol. The van der Waals surface area contributed by atoms with Crippen LogP contribution < -0.4 is 0 Å². The zero-order chi connectivity index (χ0) is 44.5. The highest BCUT2D eigenvalue weighted by atomic mass is 16.3. The maximum Gasteiger partial charge on any atom is 0.167 e. The lowest BCUT2D eigenvalue weighted by atomic mass is 10.0. The molecule has 0 spiro atoms. The summed E-state index contributed by atoms with van der Waals surface area (Å²) in [4.78, 5) is 16.4. The van der Waals surface area contributed by atoms with E-state index >= 15 is 0 Å². The molecule has 0 aliphatic carbocycles. The topological polar surface area (TPSA) is 74.8 Å². The van der Waals surface area contributed by atoms with Gasteiger partial charge >= 0.3 is 0 Å². The maximum absolute atomic E-state index is 6.89. The molecule has 5 heterocycles. The van der Waals surface area contributed by atoms with Crippen molar-refractivity contribution in [3.8, 4) is 45.5 Å². The van der Waals surface area contributed by atoms with Gasteiger partial charge in [-0.15, -0.1) is 0 Å². The summed E-state index contributed by atoms with van der Waals surface area (Å²) in [6, 6.07) is 74.3. The van der Waals surface area contributed by atoms with Gasteiger partial charge in [-0.25, -0.2) is 15.0 Å². The minimum Gasteiger partial charge on any atom is -0.455 e. The van der Waals surface area contributed by atoms with Crippen LogP contribution in [0.5, 0.6) is 0 Å². The van der Waals surface area contributed by atoms with Crippen molar-refractivity contribution in [3.63, 3.8) is 0 Å². The SMILES string of the molecule is c1ccc(-n2c3ccccc3c3cccc(-c4nc(-c5cc(-n6c7ccccc7c7cc8ccccc8cc76)c6oc7ccccc7c6c5)nc(-c5cccc6c5oc5ccccc56)n4)c32)cc1. The van der Waals surface area contributed by atoms with E-state index in [0.29, 0.717) is 17.5 Å². The molecular weight excluding hydrogens is 835 g/mol. The lowest BCUT2D eigenvalue weighted by molar-refractivity contribution is 0.666. The highest BCUT2D eigenvalue weighted by Gasteiger charge is 2.25. The minimum atomic E-state index is 0.510. The van der Waals surface area contributed by atoms with Crippen LogP contribution in [0.15, 0.2) is 221 Å². The molecule has 7 heteroatoms. The molecule has 0 bridgehead atoms. The van der Waals surface area contributed by atoms with Crippen LogP contribution in [0.2, 0.25) is 0 Å². The van der Waals surface area contributed by atoms with Gasteiger partial charge in [0.1, 0.15) is 16.7 Å². The minimum absolute atomic E-state index is 0.510. The van der Waals surface area contributed by atoms with Gasteiger partial charge in [0.2, 0.25) is 0 Å². The molecule has 0 saturated carbocycles. The molecule has 15 aromatic rings. The molecule has 68 heavy (non-hydrogen) atoms. The summed E-state index contributed by atoms with van der Waals surface area (Å²) in [5.74, 6) is 1.58. The summed E-state index contributed by atoms with van der Waals surface area (Å²) in [5, 5.41) is 11.0. The number of rotatable bonds is 5. The summed E-state index contributed by atoms with van der Waals surface area (Å²) < 4.78 is 18.2. The van der Waals surface area contributed by atoms with E-state index in [1.54, 1.807) is 0 Å². The van der Waals surface area contributed by atoms with Gasteiger partial charge in [-0.3, -0.25) is 0 Å². The summed E-state index contributed by atoms with van der Waals surface area (Å²) in [6.45, 7) is 0. The molecule has 0 atom stereocenters. The molecule has 0 saturated heterocycles. The van der Waals surface area contributed by atoms with Crippen LogP contribution in [-0.2, 0) is 0 Å². The highest BCUT2D eigenvalue weighted by molar-refractivity contribution is 6.17. The van der Waals surface area contributed by atoms with Gasteiger partial charge in [-0.1, -0.05) is 140 Å². The van der Waals surface area contributed by atoms with Crippen LogP contribution in [0.3, 0.4) is 0 Å². The van der Waals surface area contributed by atoms with Gasteiger partial charge in [-0.05, 0) is 83.6 Å². The Morgan fingerprint density at radius 1 is 0.324 bits per heavy atom. The molecule has 10 aromatic carbocycles. The number of benzene rings is 10. The zero-order valence-corrected chi connectivity index (χ0v) is 36.3. The number of hydrogen-bond donors (Lipinski definition) is 0. The normalized spacial score (nSPS) is 12.1. The Hall–Kier alpha value is -9.33. The van der Waals surface area contributed by atoms with Gasteiger partial charge in [0.15, 0.2) is 23.1 Å². The van der Waals surface area contributed by atoms with Crippen molar-refractivity contribution in [2.75, 3.05) is 0 Å². The van der Waals surface area contributed by atoms with Gasteiger partial charge < -0.3 is 18.0 Å². The highest BCUT2D eigenvalue weighted by Crippen LogP contribution is 2.44. The van der Waals surface area contributed by atoms with E-state index in [9.17, 15) is 0 Å². The molecule has 316 valence electrons. The fourth-order valence-corrected chi connectivity index (χ4v) is 10.7. The Morgan fingerprint density at radius 3 is 1.63 bits per heavy atom. The molecule has 7 nitrogen and oxygen atoms in total. The van der Waals surface area contributed by atoms with Crippen molar-refractivity contribution in [3.05, 3.63) is 212 Å². The molecule has 0 radical (unpaired) electrons. The van der Waals surface area contributed by atoms with Crippen molar-refractivity contribution in [2.24, 2.45) is 0 Å². The largest absolute Gasteiger partial charge is 0.455 e. The number of aromatic nitrogens is 5. The third-order valence-corrected chi connectivity index (χ3v) is 13.7. The zero-order valence-electron chi connectivity index (χ0n) is 36.3. The number of nitrogens with zero attached hydrogens (tertiary/aromatic N) is 5. The van der Waals surface area contributed by atoms with E-state index in [0.717, 1.165) is 116 Å². The van der Waals surface area contributed by atoms with Gasteiger partial charge in [0.05, 0.1) is 33.3 Å².